The van der Waals surface area contributed by atoms with Gasteiger partial charge in [-0.1, -0.05) is 24.6 Å². The van der Waals surface area contributed by atoms with Crippen molar-refractivity contribution >= 4 is 27.5 Å². The van der Waals surface area contributed by atoms with Gasteiger partial charge in [0.15, 0.2) is 0 Å². The van der Waals surface area contributed by atoms with E-state index in [9.17, 15) is 0 Å². The average molecular weight is 356 g/mol. The third-order valence-electron chi connectivity index (χ3n) is 2.68. The second-order valence-corrected chi connectivity index (χ2v) is 5.72. The minimum absolute atomic E-state index is 0.655. The molecule has 0 aliphatic heterocycles. The molecule has 3 nitrogen and oxygen atoms in total. The van der Waals surface area contributed by atoms with Crippen molar-refractivity contribution in [3.05, 3.63) is 51.7 Å². The van der Waals surface area contributed by atoms with Crippen molar-refractivity contribution in [3.8, 4) is 11.5 Å². The Balaban J connectivity index is 2.18. The van der Waals surface area contributed by atoms with Crippen LogP contribution in [0.5, 0.6) is 11.5 Å². The van der Waals surface area contributed by atoms with Crippen LogP contribution in [0.15, 0.2) is 41.1 Å². The van der Waals surface area contributed by atoms with Crippen LogP contribution in [-0.2, 0) is 6.54 Å². The summed E-state index contributed by atoms with van der Waals surface area (Å²) < 4.78 is 6.76. The van der Waals surface area contributed by atoms with Gasteiger partial charge in [-0.25, -0.2) is 0 Å². The number of aromatic nitrogens is 1. The Morgan fingerprint density at radius 3 is 2.90 bits per heavy atom. The Bertz CT molecular complexity index is 578. The first-order valence-electron chi connectivity index (χ1n) is 6.46. The summed E-state index contributed by atoms with van der Waals surface area (Å²) in [5.74, 6) is 1.43. The van der Waals surface area contributed by atoms with Crippen LogP contribution in [0.1, 0.15) is 18.9 Å². The summed E-state index contributed by atoms with van der Waals surface area (Å²) in [4.78, 5) is 4.09. The van der Waals surface area contributed by atoms with Crippen LogP contribution in [0, 0.1) is 0 Å². The van der Waals surface area contributed by atoms with Crippen molar-refractivity contribution in [2.45, 2.75) is 19.9 Å². The van der Waals surface area contributed by atoms with Crippen LogP contribution < -0.4 is 10.1 Å². The molecule has 20 heavy (non-hydrogen) atoms. The molecule has 0 aliphatic rings. The number of rotatable bonds is 6. The summed E-state index contributed by atoms with van der Waals surface area (Å²) in [6, 6.07) is 7.55. The van der Waals surface area contributed by atoms with E-state index < -0.39 is 0 Å². The Morgan fingerprint density at radius 1 is 1.30 bits per heavy atom. The maximum absolute atomic E-state index is 6.05. The van der Waals surface area contributed by atoms with Crippen molar-refractivity contribution in [2.24, 2.45) is 0 Å². The third-order valence-corrected chi connectivity index (χ3v) is 3.35. The fourth-order valence-electron chi connectivity index (χ4n) is 1.74. The summed E-state index contributed by atoms with van der Waals surface area (Å²) in [6.45, 7) is 3.86. The Morgan fingerprint density at radius 2 is 2.15 bits per heavy atom. The van der Waals surface area contributed by atoms with Gasteiger partial charge in [0.25, 0.3) is 0 Å². The molecule has 1 N–H and O–H groups in total. The molecule has 0 fully saturated rings. The van der Waals surface area contributed by atoms with Gasteiger partial charge in [-0.15, -0.1) is 0 Å². The third kappa shape index (κ3) is 4.47. The molecule has 0 atom stereocenters. The maximum Gasteiger partial charge on any atom is 0.146 e. The smallest absolute Gasteiger partial charge is 0.146 e. The van der Waals surface area contributed by atoms with Crippen LogP contribution in [0.4, 0.5) is 0 Å². The summed E-state index contributed by atoms with van der Waals surface area (Å²) in [5.41, 5.74) is 1.07. The highest BCUT2D eigenvalue weighted by molar-refractivity contribution is 9.10. The molecule has 0 unspecified atom stereocenters. The number of nitrogens with one attached hydrogen (secondary N) is 1. The SMILES string of the molecule is CCCNCc1ccc(Cl)cc1Oc1cncc(Br)c1. The van der Waals surface area contributed by atoms with E-state index in [2.05, 4.69) is 33.2 Å². The summed E-state index contributed by atoms with van der Waals surface area (Å²) >= 11 is 9.43. The van der Waals surface area contributed by atoms with E-state index in [1.54, 1.807) is 12.4 Å². The summed E-state index contributed by atoms with van der Waals surface area (Å²) in [7, 11) is 0. The highest BCUT2D eigenvalue weighted by atomic mass is 79.9. The molecule has 106 valence electrons. The zero-order chi connectivity index (χ0) is 14.4. The number of benzene rings is 1. The lowest BCUT2D eigenvalue weighted by Gasteiger charge is -2.12. The Labute approximate surface area is 132 Å². The normalized spacial score (nSPS) is 10.6. The number of hydrogen-bond acceptors (Lipinski definition) is 3. The summed E-state index contributed by atoms with van der Waals surface area (Å²) in [5, 5.41) is 4.02. The standard InChI is InChI=1S/C15H16BrClN2O/c1-2-5-18-8-11-3-4-13(17)7-15(11)20-14-6-12(16)9-19-10-14/h3-4,6-7,9-10,18H,2,5,8H2,1H3. The number of pyridine rings is 1. The molecule has 0 saturated heterocycles. The van der Waals surface area contributed by atoms with E-state index in [1.807, 2.05) is 24.3 Å². The van der Waals surface area contributed by atoms with Gasteiger partial charge >= 0.3 is 0 Å². The van der Waals surface area contributed by atoms with E-state index in [4.69, 9.17) is 16.3 Å². The Hall–Kier alpha value is -1.10. The predicted molar refractivity (Wildman–Crippen MR) is 85.5 cm³/mol. The molecular weight excluding hydrogens is 340 g/mol. The van der Waals surface area contributed by atoms with E-state index in [1.165, 1.54) is 0 Å². The van der Waals surface area contributed by atoms with Crippen LogP contribution in [0.3, 0.4) is 0 Å². The molecule has 0 aliphatic carbocycles. The van der Waals surface area contributed by atoms with Gasteiger partial charge in [0, 0.05) is 27.8 Å². The van der Waals surface area contributed by atoms with Gasteiger partial charge in [0.05, 0.1) is 6.20 Å². The van der Waals surface area contributed by atoms with Gasteiger partial charge in [-0.3, -0.25) is 4.98 Å². The van der Waals surface area contributed by atoms with Crippen molar-refractivity contribution in [2.75, 3.05) is 6.54 Å². The van der Waals surface area contributed by atoms with E-state index in [-0.39, 0.29) is 0 Å². The molecule has 0 spiro atoms. The van der Waals surface area contributed by atoms with Gasteiger partial charge in [-0.05, 0) is 47.1 Å². The lowest BCUT2D eigenvalue weighted by Crippen LogP contribution is -2.14. The first kappa shape index (κ1) is 15.3. The lowest BCUT2D eigenvalue weighted by molar-refractivity contribution is 0.470. The van der Waals surface area contributed by atoms with Gasteiger partial charge in [0.1, 0.15) is 11.5 Å². The fraction of sp³-hybridized carbons (Fsp3) is 0.267. The van der Waals surface area contributed by atoms with E-state index >= 15 is 0 Å². The minimum atomic E-state index is 0.655. The minimum Gasteiger partial charge on any atom is -0.455 e. The zero-order valence-electron chi connectivity index (χ0n) is 11.2. The van der Waals surface area contributed by atoms with E-state index in [0.29, 0.717) is 10.8 Å². The van der Waals surface area contributed by atoms with Crippen LogP contribution in [-0.4, -0.2) is 11.5 Å². The number of halogens is 2. The fourth-order valence-corrected chi connectivity index (χ4v) is 2.25. The molecule has 0 saturated carbocycles. The maximum atomic E-state index is 6.05. The molecule has 5 heteroatoms. The second kappa shape index (κ2) is 7.62. The number of hydrogen-bond donors (Lipinski definition) is 1. The number of nitrogens with zero attached hydrogens (tertiary/aromatic N) is 1. The zero-order valence-corrected chi connectivity index (χ0v) is 13.5. The van der Waals surface area contributed by atoms with Crippen molar-refractivity contribution in [1.82, 2.24) is 10.3 Å². The predicted octanol–water partition coefficient (Wildman–Crippen LogP) is 4.79. The monoisotopic (exact) mass is 354 g/mol. The van der Waals surface area contributed by atoms with E-state index in [0.717, 1.165) is 35.3 Å². The molecule has 1 aromatic heterocycles. The second-order valence-electron chi connectivity index (χ2n) is 4.37. The Kier molecular flexibility index (Phi) is 5.83. The van der Waals surface area contributed by atoms with Crippen LogP contribution >= 0.6 is 27.5 Å². The summed E-state index contributed by atoms with van der Waals surface area (Å²) in [6.07, 6.45) is 4.49. The topological polar surface area (TPSA) is 34.1 Å². The van der Waals surface area contributed by atoms with Crippen molar-refractivity contribution < 1.29 is 4.74 Å². The first-order chi connectivity index (χ1) is 9.69. The van der Waals surface area contributed by atoms with Gasteiger partial charge in [0.2, 0.25) is 0 Å². The quantitative estimate of drug-likeness (QED) is 0.757. The van der Waals surface area contributed by atoms with Gasteiger partial charge in [-0.2, -0.15) is 0 Å². The largest absolute Gasteiger partial charge is 0.455 e. The highest BCUT2D eigenvalue weighted by Crippen LogP contribution is 2.29. The molecule has 0 radical (unpaired) electrons. The molecule has 0 amide bonds. The van der Waals surface area contributed by atoms with Crippen molar-refractivity contribution in [1.29, 1.82) is 0 Å². The molecule has 1 aromatic carbocycles. The molecular formula is C15H16BrClN2O. The highest BCUT2D eigenvalue weighted by Gasteiger charge is 2.07. The molecule has 2 aromatic rings. The first-order valence-corrected chi connectivity index (χ1v) is 7.63. The lowest BCUT2D eigenvalue weighted by atomic mass is 10.2. The molecule has 2 rings (SSSR count). The van der Waals surface area contributed by atoms with Gasteiger partial charge < -0.3 is 10.1 Å². The molecule has 1 heterocycles. The average Bonchev–Trinajstić information content (AvgIpc) is 2.41. The number of ether oxygens (including phenoxy) is 1. The van der Waals surface area contributed by atoms with Crippen LogP contribution in [0.25, 0.3) is 0 Å². The van der Waals surface area contributed by atoms with Crippen molar-refractivity contribution in [3.63, 3.8) is 0 Å². The van der Waals surface area contributed by atoms with Crippen LogP contribution in [0.2, 0.25) is 5.02 Å². The molecule has 0 bridgehead atoms.